The molecule has 1 aliphatic heterocycles. The standard InChI is InChI=1S/C8H14O5.C6H8O4.C2H6O/c1-4-12-8(11)6(3)13-7(10)5(2)9;1-3-5(7)10-4(2)6(8)9-3;1-2-3/h5-6,9H,4H2,1-3H3;3-4H,1-2H3;3H,2H2,1H3. The van der Waals surface area contributed by atoms with Crippen molar-refractivity contribution in [1.29, 1.82) is 0 Å². The molecule has 4 atom stereocenters. The van der Waals surface area contributed by atoms with Crippen LogP contribution in [0.25, 0.3) is 0 Å². The van der Waals surface area contributed by atoms with Crippen LogP contribution in [0.2, 0.25) is 0 Å². The van der Waals surface area contributed by atoms with E-state index < -0.39 is 48.3 Å². The zero-order valence-electron chi connectivity index (χ0n) is 15.9. The van der Waals surface area contributed by atoms with E-state index in [0.29, 0.717) is 0 Å². The summed E-state index contributed by atoms with van der Waals surface area (Å²) in [6.45, 7) is 9.42. The first-order chi connectivity index (χ1) is 12.0. The van der Waals surface area contributed by atoms with Gasteiger partial charge in [-0.1, -0.05) is 0 Å². The summed E-state index contributed by atoms with van der Waals surface area (Å²) in [5.41, 5.74) is 0. The van der Waals surface area contributed by atoms with Crippen LogP contribution in [-0.2, 0) is 38.1 Å². The topological polar surface area (TPSA) is 146 Å². The second-order valence-electron chi connectivity index (χ2n) is 4.98. The molecular formula is C16H28O10. The Morgan fingerprint density at radius 3 is 1.73 bits per heavy atom. The zero-order valence-corrected chi connectivity index (χ0v) is 15.9. The third kappa shape index (κ3) is 11.4. The molecule has 0 aromatic rings. The number of carbonyl (C=O) groups is 4. The van der Waals surface area contributed by atoms with Crippen molar-refractivity contribution in [2.75, 3.05) is 13.2 Å². The molecule has 0 radical (unpaired) electrons. The molecule has 10 nitrogen and oxygen atoms in total. The summed E-state index contributed by atoms with van der Waals surface area (Å²) in [5.74, 6) is -2.41. The first-order valence-corrected chi connectivity index (χ1v) is 8.08. The Morgan fingerprint density at radius 1 is 1.04 bits per heavy atom. The maximum atomic E-state index is 10.9. The molecule has 4 unspecified atom stereocenters. The van der Waals surface area contributed by atoms with Gasteiger partial charge in [0.05, 0.1) is 6.61 Å². The third-order valence-electron chi connectivity index (χ3n) is 2.50. The van der Waals surface area contributed by atoms with Gasteiger partial charge in [0.2, 0.25) is 0 Å². The number of hydrogen-bond donors (Lipinski definition) is 2. The molecule has 0 aromatic carbocycles. The number of aliphatic hydroxyl groups is 2. The SMILES string of the molecule is CC1OC(=O)C(C)OC1=O.CCO.CCOC(=O)C(C)OC(=O)C(C)O. The largest absolute Gasteiger partial charge is 0.463 e. The van der Waals surface area contributed by atoms with Crippen LogP contribution in [0.15, 0.2) is 0 Å². The van der Waals surface area contributed by atoms with Crippen LogP contribution in [0, 0.1) is 0 Å². The minimum atomic E-state index is -1.23. The fraction of sp³-hybridized carbons (Fsp3) is 0.750. The van der Waals surface area contributed by atoms with Crippen molar-refractivity contribution >= 4 is 23.9 Å². The van der Waals surface area contributed by atoms with E-state index in [1.54, 1.807) is 13.8 Å². The van der Waals surface area contributed by atoms with Gasteiger partial charge < -0.3 is 29.2 Å². The van der Waals surface area contributed by atoms with Gasteiger partial charge in [-0.25, -0.2) is 19.2 Å². The summed E-state index contributed by atoms with van der Waals surface area (Å²) in [4.78, 5) is 43.0. The molecule has 1 heterocycles. The van der Waals surface area contributed by atoms with E-state index in [1.807, 2.05) is 0 Å². The molecule has 0 aliphatic carbocycles. The van der Waals surface area contributed by atoms with Crippen LogP contribution in [-0.4, -0.2) is 71.7 Å². The Hall–Kier alpha value is -2.20. The molecule has 1 fully saturated rings. The van der Waals surface area contributed by atoms with Gasteiger partial charge in [0.1, 0.15) is 6.10 Å². The van der Waals surface area contributed by atoms with Crippen molar-refractivity contribution in [3.8, 4) is 0 Å². The predicted molar refractivity (Wildman–Crippen MR) is 87.7 cm³/mol. The monoisotopic (exact) mass is 380 g/mol. The number of rotatable bonds is 4. The van der Waals surface area contributed by atoms with Crippen molar-refractivity contribution in [2.45, 2.75) is 66.0 Å². The number of hydrogen-bond acceptors (Lipinski definition) is 10. The van der Waals surface area contributed by atoms with E-state index in [4.69, 9.17) is 10.2 Å². The fourth-order valence-corrected chi connectivity index (χ4v) is 1.22. The van der Waals surface area contributed by atoms with Gasteiger partial charge >= 0.3 is 23.9 Å². The Balaban J connectivity index is 0. The smallest absolute Gasteiger partial charge is 0.347 e. The van der Waals surface area contributed by atoms with Crippen molar-refractivity contribution in [2.24, 2.45) is 0 Å². The highest BCUT2D eigenvalue weighted by Gasteiger charge is 2.32. The van der Waals surface area contributed by atoms with Crippen molar-refractivity contribution < 1.29 is 48.3 Å². The molecule has 1 aliphatic rings. The van der Waals surface area contributed by atoms with Gasteiger partial charge in [0.25, 0.3) is 0 Å². The predicted octanol–water partition coefficient (Wildman–Crippen LogP) is -0.276. The average Bonchev–Trinajstić information content (AvgIpc) is 2.54. The highest BCUT2D eigenvalue weighted by atomic mass is 16.6. The van der Waals surface area contributed by atoms with Gasteiger partial charge in [0, 0.05) is 6.61 Å². The van der Waals surface area contributed by atoms with Gasteiger partial charge in [-0.3, -0.25) is 0 Å². The number of ether oxygens (including phenoxy) is 4. The minimum Gasteiger partial charge on any atom is -0.463 e. The van der Waals surface area contributed by atoms with Crippen molar-refractivity contribution in [3.05, 3.63) is 0 Å². The zero-order chi connectivity index (χ0) is 20.9. The first kappa shape index (κ1) is 26.0. The van der Waals surface area contributed by atoms with E-state index in [2.05, 4.69) is 18.9 Å². The van der Waals surface area contributed by atoms with Crippen LogP contribution in [0.5, 0.6) is 0 Å². The van der Waals surface area contributed by atoms with E-state index in [0.717, 1.165) is 0 Å². The molecule has 0 saturated carbocycles. The summed E-state index contributed by atoms with van der Waals surface area (Å²) >= 11 is 0. The Morgan fingerprint density at radius 2 is 1.42 bits per heavy atom. The first-order valence-electron chi connectivity index (χ1n) is 8.08. The van der Waals surface area contributed by atoms with Crippen molar-refractivity contribution in [3.63, 3.8) is 0 Å². The highest BCUT2D eigenvalue weighted by molar-refractivity contribution is 5.86. The van der Waals surface area contributed by atoms with Crippen LogP contribution >= 0.6 is 0 Å². The lowest BCUT2D eigenvalue weighted by atomic mass is 10.3. The lowest BCUT2D eigenvalue weighted by molar-refractivity contribution is -0.191. The Labute approximate surface area is 152 Å². The summed E-state index contributed by atoms with van der Waals surface area (Å²) in [5, 5.41) is 16.3. The average molecular weight is 380 g/mol. The molecule has 0 bridgehead atoms. The quantitative estimate of drug-likeness (QED) is 0.493. The summed E-state index contributed by atoms with van der Waals surface area (Å²) < 4.78 is 18.3. The molecule has 10 heteroatoms. The molecule has 0 aromatic heterocycles. The second kappa shape index (κ2) is 14.0. The fourth-order valence-electron chi connectivity index (χ4n) is 1.22. The van der Waals surface area contributed by atoms with Crippen LogP contribution < -0.4 is 0 Å². The Kier molecular flexibility index (Phi) is 14.0. The highest BCUT2D eigenvalue weighted by Crippen LogP contribution is 2.08. The summed E-state index contributed by atoms with van der Waals surface area (Å²) in [7, 11) is 0. The maximum Gasteiger partial charge on any atom is 0.347 e. The van der Waals surface area contributed by atoms with E-state index in [9.17, 15) is 19.2 Å². The van der Waals surface area contributed by atoms with E-state index in [-0.39, 0.29) is 13.2 Å². The molecule has 1 rings (SSSR count). The summed E-state index contributed by atoms with van der Waals surface area (Å²) in [6.07, 6.45) is -3.69. The number of carbonyl (C=O) groups excluding carboxylic acids is 4. The Bertz CT molecular complexity index is 440. The number of cyclic esters (lactones) is 2. The van der Waals surface area contributed by atoms with Gasteiger partial charge in [-0.2, -0.15) is 0 Å². The number of aliphatic hydroxyl groups excluding tert-OH is 2. The van der Waals surface area contributed by atoms with Gasteiger partial charge in [0.15, 0.2) is 18.3 Å². The lowest BCUT2D eigenvalue weighted by Gasteiger charge is -2.22. The third-order valence-corrected chi connectivity index (χ3v) is 2.50. The van der Waals surface area contributed by atoms with Crippen molar-refractivity contribution in [1.82, 2.24) is 0 Å². The minimum absolute atomic E-state index is 0.232. The van der Waals surface area contributed by atoms with Crippen LogP contribution in [0.4, 0.5) is 0 Å². The lowest BCUT2D eigenvalue weighted by Crippen LogP contribution is -2.40. The molecule has 0 amide bonds. The normalized spacial score (nSPS) is 20.6. The molecular weight excluding hydrogens is 352 g/mol. The van der Waals surface area contributed by atoms with Crippen LogP contribution in [0.1, 0.15) is 41.5 Å². The van der Waals surface area contributed by atoms with Gasteiger partial charge in [-0.15, -0.1) is 0 Å². The van der Waals surface area contributed by atoms with Gasteiger partial charge in [-0.05, 0) is 41.5 Å². The molecule has 2 N–H and O–H groups in total. The van der Waals surface area contributed by atoms with E-state index in [1.165, 1.54) is 27.7 Å². The molecule has 0 spiro atoms. The maximum absolute atomic E-state index is 10.9. The second-order valence-corrected chi connectivity index (χ2v) is 4.98. The van der Waals surface area contributed by atoms with E-state index >= 15 is 0 Å². The molecule has 152 valence electrons. The molecule has 1 saturated heterocycles. The molecule has 26 heavy (non-hydrogen) atoms. The number of esters is 4. The summed E-state index contributed by atoms with van der Waals surface area (Å²) in [6, 6.07) is 0. The van der Waals surface area contributed by atoms with Crippen LogP contribution in [0.3, 0.4) is 0 Å².